The summed E-state index contributed by atoms with van der Waals surface area (Å²) >= 11 is 1.32. The summed E-state index contributed by atoms with van der Waals surface area (Å²) in [5.41, 5.74) is -0.445. The van der Waals surface area contributed by atoms with Gasteiger partial charge in [-0.1, -0.05) is 0 Å². The molecule has 0 saturated carbocycles. The van der Waals surface area contributed by atoms with Crippen LogP contribution in [0, 0.1) is 11.3 Å². The molecule has 3 rings (SSSR count). The van der Waals surface area contributed by atoms with Crippen molar-refractivity contribution >= 4 is 23.5 Å². The molecule has 3 aromatic rings. The fourth-order valence-corrected chi connectivity index (χ4v) is 3.48. The number of aromatic nitrogens is 3. The Balaban J connectivity index is 1.89. The molecule has 2 aromatic heterocycles. The number of thiophene rings is 1. The fraction of sp³-hybridized carbons (Fsp3) is 0.286. The molecule has 0 radical (unpaired) electrons. The maximum absolute atomic E-state index is 13.5. The number of halogens is 3. The summed E-state index contributed by atoms with van der Waals surface area (Å²) in [6, 6.07) is 6.79. The highest BCUT2D eigenvalue weighted by molar-refractivity contribution is 7.08. The van der Waals surface area contributed by atoms with Gasteiger partial charge in [0.25, 0.3) is 0 Å². The molecular formula is C21H17F3N4O5S. The summed E-state index contributed by atoms with van der Waals surface area (Å²) in [6.45, 7) is 2.36. The molecule has 1 aromatic carbocycles. The first-order valence-corrected chi connectivity index (χ1v) is 10.7. The van der Waals surface area contributed by atoms with Gasteiger partial charge in [-0.2, -0.15) is 29.8 Å². The molecule has 178 valence electrons. The molecular weight excluding hydrogens is 477 g/mol. The second-order valence-corrected chi connectivity index (χ2v) is 7.48. The molecule has 0 bridgehead atoms. The largest absolute Gasteiger partial charge is 0.510 e. The van der Waals surface area contributed by atoms with Crippen molar-refractivity contribution in [2.75, 3.05) is 13.2 Å². The lowest BCUT2D eigenvalue weighted by molar-refractivity contribution is -0.147. The van der Waals surface area contributed by atoms with E-state index in [-0.39, 0.29) is 29.1 Å². The molecule has 2 heterocycles. The number of ether oxygens (including phenoxy) is 3. The van der Waals surface area contributed by atoms with E-state index < -0.39 is 36.7 Å². The molecule has 0 spiro atoms. The molecule has 0 amide bonds. The predicted molar refractivity (Wildman–Crippen MR) is 112 cm³/mol. The van der Waals surface area contributed by atoms with Crippen LogP contribution >= 0.6 is 11.3 Å². The van der Waals surface area contributed by atoms with E-state index in [1.165, 1.54) is 24.3 Å². The maximum atomic E-state index is 13.5. The van der Waals surface area contributed by atoms with E-state index in [2.05, 4.69) is 19.7 Å². The van der Waals surface area contributed by atoms with Crippen LogP contribution in [0.2, 0.25) is 0 Å². The van der Waals surface area contributed by atoms with E-state index in [0.717, 1.165) is 16.9 Å². The smallest absolute Gasteiger partial charge is 0.463 e. The van der Waals surface area contributed by atoms with Gasteiger partial charge in [0.05, 0.1) is 12.2 Å². The van der Waals surface area contributed by atoms with E-state index in [0.29, 0.717) is 5.56 Å². The molecule has 0 N–H and O–H groups in total. The average molecular weight is 494 g/mol. The summed E-state index contributed by atoms with van der Waals surface area (Å²) in [5, 5.41) is 20.9. The first kappa shape index (κ1) is 24.7. The Morgan fingerprint density at radius 2 is 1.91 bits per heavy atom. The third kappa shape index (κ3) is 5.90. The van der Waals surface area contributed by atoms with Crippen LogP contribution in [-0.4, -0.2) is 40.3 Å². The van der Waals surface area contributed by atoms with Gasteiger partial charge in [0.15, 0.2) is 12.3 Å². The van der Waals surface area contributed by atoms with Gasteiger partial charge in [0, 0.05) is 5.56 Å². The van der Waals surface area contributed by atoms with Crippen molar-refractivity contribution in [3.8, 4) is 28.5 Å². The molecule has 0 fully saturated rings. The summed E-state index contributed by atoms with van der Waals surface area (Å²) in [6.07, 6.45) is -7.06. The molecule has 0 saturated heterocycles. The number of hydrogen-bond acceptors (Lipinski definition) is 9. The zero-order valence-electron chi connectivity index (χ0n) is 17.8. The fourth-order valence-electron chi connectivity index (χ4n) is 2.82. The standard InChI is InChI=1S/C21H17F3N4O5S/c1-3-31-18(29)10-32-20(30)33-12(2)28-26-17(9-25)19(27-28)15-6-14(13-4-5-34-11-13)7-16(8-15)21(22,23)24/h4-8,11-12H,3,10H2,1-2H3. The second-order valence-electron chi connectivity index (χ2n) is 6.70. The van der Waals surface area contributed by atoms with Gasteiger partial charge < -0.3 is 14.2 Å². The van der Waals surface area contributed by atoms with Gasteiger partial charge in [-0.25, -0.2) is 9.59 Å². The van der Waals surface area contributed by atoms with Crippen molar-refractivity contribution in [1.29, 1.82) is 5.26 Å². The minimum atomic E-state index is -4.64. The van der Waals surface area contributed by atoms with Gasteiger partial charge in [0.1, 0.15) is 11.8 Å². The lowest BCUT2D eigenvalue weighted by Gasteiger charge is -2.12. The van der Waals surface area contributed by atoms with Crippen molar-refractivity contribution in [2.45, 2.75) is 26.3 Å². The highest BCUT2D eigenvalue weighted by Crippen LogP contribution is 2.37. The monoisotopic (exact) mass is 494 g/mol. The van der Waals surface area contributed by atoms with Crippen LogP contribution in [0.1, 0.15) is 31.3 Å². The molecule has 13 heteroatoms. The molecule has 0 aliphatic rings. The van der Waals surface area contributed by atoms with Gasteiger partial charge in [-0.15, -0.1) is 15.0 Å². The Labute approximate surface area is 195 Å². The van der Waals surface area contributed by atoms with Crippen LogP contribution in [0.15, 0.2) is 35.0 Å². The number of nitriles is 1. The van der Waals surface area contributed by atoms with Crippen LogP contribution < -0.4 is 0 Å². The van der Waals surface area contributed by atoms with Gasteiger partial charge in [-0.3, -0.25) is 0 Å². The minimum absolute atomic E-state index is 0.0101. The SMILES string of the molecule is CCOC(=O)COC(=O)OC(C)n1nc(C#N)c(-c2cc(-c3ccsc3)cc(C(F)(F)F)c2)n1. The van der Waals surface area contributed by atoms with Crippen LogP contribution in [-0.2, 0) is 25.2 Å². The quantitative estimate of drug-likeness (QED) is 0.430. The molecule has 1 unspecified atom stereocenters. The first-order chi connectivity index (χ1) is 16.1. The van der Waals surface area contributed by atoms with Crippen LogP contribution in [0.25, 0.3) is 22.4 Å². The van der Waals surface area contributed by atoms with Crippen LogP contribution in [0.5, 0.6) is 0 Å². The Kier molecular flexibility index (Phi) is 7.52. The summed E-state index contributed by atoms with van der Waals surface area (Å²) in [5.74, 6) is -0.774. The normalized spacial score (nSPS) is 12.0. The Morgan fingerprint density at radius 3 is 2.53 bits per heavy atom. The molecule has 34 heavy (non-hydrogen) atoms. The highest BCUT2D eigenvalue weighted by Gasteiger charge is 2.32. The van der Waals surface area contributed by atoms with Crippen molar-refractivity contribution in [3.63, 3.8) is 0 Å². The number of carbonyl (C=O) groups is 2. The van der Waals surface area contributed by atoms with E-state index in [4.69, 9.17) is 4.74 Å². The van der Waals surface area contributed by atoms with E-state index in [1.54, 1.807) is 29.8 Å². The van der Waals surface area contributed by atoms with Crippen molar-refractivity contribution in [1.82, 2.24) is 15.0 Å². The number of alkyl halides is 3. The molecule has 0 aliphatic heterocycles. The molecule has 1 atom stereocenters. The topological polar surface area (TPSA) is 116 Å². The van der Waals surface area contributed by atoms with Crippen LogP contribution in [0.4, 0.5) is 18.0 Å². The highest BCUT2D eigenvalue weighted by atomic mass is 32.1. The number of esters is 1. The first-order valence-electron chi connectivity index (χ1n) is 9.73. The van der Waals surface area contributed by atoms with Gasteiger partial charge in [0.2, 0.25) is 6.23 Å². The van der Waals surface area contributed by atoms with Crippen molar-refractivity contribution in [3.05, 3.63) is 46.3 Å². The number of nitrogens with zero attached hydrogens (tertiary/aromatic N) is 4. The molecule has 9 nitrogen and oxygen atoms in total. The summed E-state index contributed by atoms with van der Waals surface area (Å²) < 4.78 is 54.8. The summed E-state index contributed by atoms with van der Waals surface area (Å²) in [7, 11) is 0. The van der Waals surface area contributed by atoms with E-state index in [1.807, 2.05) is 0 Å². The van der Waals surface area contributed by atoms with Crippen LogP contribution in [0.3, 0.4) is 0 Å². The zero-order valence-corrected chi connectivity index (χ0v) is 18.6. The lowest BCUT2D eigenvalue weighted by Crippen LogP contribution is -2.21. The predicted octanol–water partition coefficient (Wildman–Crippen LogP) is 4.80. The van der Waals surface area contributed by atoms with Crippen molar-refractivity contribution in [2.24, 2.45) is 0 Å². The maximum Gasteiger partial charge on any atom is 0.510 e. The lowest BCUT2D eigenvalue weighted by atomic mass is 9.99. The Hall–Kier alpha value is -3.92. The van der Waals surface area contributed by atoms with Gasteiger partial charge >= 0.3 is 18.3 Å². The number of rotatable bonds is 7. The average Bonchev–Trinajstić information content (AvgIpc) is 3.47. The second kappa shape index (κ2) is 10.3. The zero-order chi connectivity index (χ0) is 24.9. The third-order valence-electron chi connectivity index (χ3n) is 4.33. The number of hydrogen-bond donors (Lipinski definition) is 0. The molecule has 0 aliphatic carbocycles. The van der Waals surface area contributed by atoms with E-state index in [9.17, 15) is 28.0 Å². The van der Waals surface area contributed by atoms with E-state index >= 15 is 0 Å². The Bertz CT molecular complexity index is 1220. The minimum Gasteiger partial charge on any atom is -0.463 e. The van der Waals surface area contributed by atoms with Crippen molar-refractivity contribution < 1.29 is 37.0 Å². The third-order valence-corrected chi connectivity index (χ3v) is 5.01. The van der Waals surface area contributed by atoms with Gasteiger partial charge in [-0.05, 0) is 60.0 Å². The number of carbonyl (C=O) groups excluding carboxylic acids is 2. The number of benzene rings is 1. The summed E-state index contributed by atoms with van der Waals surface area (Å²) in [4.78, 5) is 23.9. The Morgan fingerprint density at radius 1 is 1.18 bits per heavy atom.